The summed E-state index contributed by atoms with van der Waals surface area (Å²) >= 11 is 0. The number of ether oxygens (including phenoxy) is 2. The molecule has 0 heterocycles. The van der Waals surface area contributed by atoms with Gasteiger partial charge in [-0.1, -0.05) is 391 Å². The zero-order valence-electron chi connectivity index (χ0n) is 64.2. The van der Waals surface area contributed by atoms with Gasteiger partial charge in [0.1, 0.15) is 6.61 Å². The van der Waals surface area contributed by atoms with Gasteiger partial charge in [-0.2, -0.15) is 0 Å². The second-order valence-corrected chi connectivity index (χ2v) is 28.7. The number of carbonyl (C=O) groups excluding carboxylic acids is 2. The molecule has 0 radical (unpaired) electrons. The van der Waals surface area contributed by atoms with Crippen molar-refractivity contribution in [1.82, 2.24) is 0 Å². The lowest BCUT2D eigenvalue weighted by molar-refractivity contribution is -0.161. The Bertz CT molecular complexity index is 2150. The summed E-state index contributed by atoms with van der Waals surface area (Å²) in [5.41, 5.74) is 5.42. The van der Waals surface area contributed by atoms with Crippen LogP contribution in [0.25, 0.3) is 0 Å². The third kappa shape index (κ3) is 82.7. The number of phosphoric acid groups is 1. The normalized spacial score (nSPS) is 13.6. The van der Waals surface area contributed by atoms with Gasteiger partial charge in [-0.25, -0.2) is 4.57 Å². The van der Waals surface area contributed by atoms with Gasteiger partial charge >= 0.3 is 19.8 Å². The van der Waals surface area contributed by atoms with Crippen molar-refractivity contribution in [2.75, 3.05) is 26.4 Å². The Balaban J connectivity index is 3.80. The number of nitrogens with two attached hydrogens (primary N) is 1. The molecule has 10 heteroatoms. The van der Waals surface area contributed by atoms with Crippen LogP contribution in [-0.4, -0.2) is 49.3 Å². The summed E-state index contributed by atoms with van der Waals surface area (Å²) in [7, 11) is -4.40. The first-order valence-corrected chi connectivity index (χ1v) is 42.8. The molecule has 0 aliphatic carbocycles. The molecule has 0 rings (SSSR count). The number of carbonyl (C=O) groups is 2. The van der Waals surface area contributed by atoms with E-state index in [1.54, 1.807) is 0 Å². The predicted octanol–water partition coefficient (Wildman–Crippen LogP) is 28.1. The fraction of sp³-hybridized carbons (Fsp3) is 0.708. The number of phosphoric ester groups is 1. The van der Waals surface area contributed by atoms with Gasteiger partial charge in [-0.05, 0) is 116 Å². The van der Waals surface area contributed by atoms with E-state index in [-0.39, 0.29) is 38.6 Å². The summed E-state index contributed by atoms with van der Waals surface area (Å²) in [4.78, 5) is 35.5. The number of esters is 2. The number of unbranched alkanes of at least 4 members (excludes halogenated alkanes) is 40. The van der Waals surface area contributed by atoms with E-state index in [0.29, 0.717) is 6.42 Å². The summed E-state index contributed by atoms with van der Waals surface area (Å²) in [6.45, 7) is 3.56. The molecule has 0 aromatic rings. The molecule has 2 unspecified atom stereocenters. The van der Waals surface area contributed by atoms with E-state index in [0.717, 1.165) is 116 Å². The highest BCUT2D eigenvalue weighted by Crippen LogP contribution is 2.43. The van der Waals surface area contributed by atoms with Crippen molar-refractivity contribution in [1.29, 1.82) is 0 Å². The van der Waals surface area contributed by atoms with Crippen molar-refractivity contribution in [3.05, 3.63) is 146 Å². The summed E-state index contributed by atoms with van der Waals surface area (Å²) in [6, 6.07) is 0. The third-order valence-corrected chi connectivity index (χ3v) is 18.7. The van der Waals surface area contributed by atoms with E-state index >= 15 is 0 Å². The van der Waals surface area contributed by atoms with E-state index in [9.17, 15) is 19.0 Å². The van der Waals surface area contributed by atoms with Gasteiger partial charge in [0.25, 0.3) is 0 Å². The second kappa shape index (κ2) is 82.8. The van der Waals surface area contributed by atoms with Crippen LogP contribution in [0.4, 0.5) is 0 Å². The quantitative estimate of drug-likeness (QED) is 0.0264. The van der Waals surface area contributed by atoms with Crippen molar-refractivity contribution in [3.8, 4) is 0 Å². The van der Waals surface area contributed by atoms with Crippen molar-refractivity contribution >= 4 is 19.8 Å². The van der Waals surface area contributed by atoms with E-state index < -0.39 is 26.5 Å². The van der Waals surface area contributed by atoms with Crippen LogP contribution in [0.5, 0.6) is 0 Å². The summed E-state index contributed by atoms with van der Waals surface area (Å²) in [5, 5.41) is 0. The molecule has 0 aliphatic heterocycles. The molecule has 0 aliphatic rings. The predicted molar refractivity (Wildman–Crippen MR) is 431 cm³/mol. The highest BCUT2D eigenvalue weighted by atomic mass is 31.2. The Morgan fingerprint density at radius 3 is 0.778 bits per heavy atom. The Kier molecular flexibility index (Phi) is 79.4. The van der Waals surface area contributed by atoms with Crippen LogP contribution in [0.1, 0.15) is 373 Å². The van der Waals surface area contributed by atoms with Crippen LogP contribution in [0, 0.1) is 0 Å². The van der Waals surface area contributed by atoms with Gasteiger partial charge in [-0.15, -0.1) is 0 Å². The first kappa shape index (κ1) is 94.9. The molecule has 0 aromatic carbocycles. The topological polar surface area (TPSA) is 134 Å². The van der Waals surface area contributed by atoms with Crippen molar-refractivity contribution in [2.45, 2.75) is 380 Å². The van der Waals surface area contributed by atoms with Gasteiger partial charge in [0.15, 0.2) is 6.10 Å². The first-order valence-electron chi connectivity index (χ1n) is 41.3. The molecule has 568 valence electrons. The zero-order valence-corrected chi connectivity index (χ0v) is 65.1. The lowest BCUT2D eigenvalue weighted by Crippen LogP contribution is -2.29. The van der Waals surface area contributed by atoms with Crippen LogP contribution in [0.2, 0.25) is 0 Å². The summed E-state index contributed by atoms with van der Waals surface area (Å²) < 4.78 is 33.3. The zero-order chi connectivity index (χ0) is 71.5. The third-order valence-electron chi connectivity index (χ3n) is 17.7. The fourth-order valence-corrected chi connectivity index (χ4v) is 12.5. The number of rotatable bonds is 77. The molecular weight excluding hydrogens is 1240 g/mol. The Hall–Kier alpha value is -4.11. The largest absolute Gasteiger partial charge is 0.472 e. The molecule has 2 atom stereocenters. The monoisotopic (exact) mass is 1400 g/mol. The first-order chi connectivity index (χ1) is 48.8. The minimum absolute atomic E-state index is 0.0504. The highest BCUT2D eigenvalue weighted by molar-refractivity contribution is 7.47. The average Bonchev–Trinajstić information content (AvgIpc) is 1.35. The van der Waals surface area contributed by atoms with E-state index in [4.69, 9.17) is 24.3 Å². The van der Waals surface area contributed by atoms with Crippen LogP contribution < -0.4 is 5.73 Å². The SMILES string of the molecule is CC/C=C\C/C=C\C/C=C\C/C=C\C/C=C\C/C=C\C/C=C\C/C=C\CCCCCCCCCCCCCCCCC(=O)OC(COC(=O)CCCCCCCCCCCCCCCCCCCCCCCCCCCC/C=C\C/C=C\C/C=C\C/C=C\CC)COP(=O)(O)OCCN. The maximum Gasteiger partial charge on any atom is 0.472 e. The van der Waals surface area contributed by atoms with Crippen LogP contribution in [0.15, 0.2) is 146 Å². The van der Waals surface area contributed by atoms with Gasteiger partial charge in [0.05, 0.1) is 13.2 Å². The van der Waals surface area contributed by atoms with Gasteiger partial charge in [0, 0.05) is 19.4 Å². The highest BCUT2D eigenvalue weighted by Gasteiger charge is 2.26. The van der Waals surface area contributed by atoms with E-state index in [1.807, 2.05) is 0 Å². The van der Waals surface area contributed by atoms with Gasteiger partial charge < -0.3 is 20.1 Å². The van der Waals surface area contributed by atoms with Crippen LogP contribution >= 0.6 is 7.82 Å². The molecule has 9 nitrogen and oxygen atoms in total. The summed E-state index contributed by atoms with van der Waals surface area (Å²) in [6.07, 6.45) is 120. The van der Waals surface area contributed by atoms with E-state index in [1.165, 1.54) is 225 Å². The molecule has 0 spiro atoms. The number of hydrogen-bond donors (Lipinski definition) is 2. The molecule has 0 fully saturated rings. The minimum Gasteiger partial charge on any atom is -0.462 e. The van der Waals surface area contributed by atoms with Crippen molar-refractivity contribution < 1.29 is 37.6 Å². The molecule has 0 bridgehead atoms. The molecule has 3 N–H and O–H groups in total. The molecular formula is C89H154NO8P. The van der Waals surface area contributed by atoms with E-state index in [2.05, 4.69) is 160 Å². The van der Waals surface area contributed by atoms with Gasteiger partial charge in [-0.3, -0.25) is 18.6 Å². The summed E-state index contributed by atoms with van der Waals surface area (Å²) in [5.74, 6) is -0.817. The number of allylic oxidation sites excluding steroid dienone is 24. The van der Waals surface area contributed by atoms with Crippen molar-refractivity contribution in [3.63, 3.8) is 0 Å². The smallest absolute Gasteiger partial charge is 0.462 e. The molecule has 0 saturated carbocycles. The Morgan fingerprint density at radius 1 is 0.303 bits per heavy atom. The average molecular weight is 1400 g/mol. The molecule has 0 amide bonds. The Labute approximate surface area is 611 Å². The second-order valence-electron chi connectivity index (χ2n) is 27.2. The van der Waals surface area contributed by atoms with Gasteiger partial charge in [0.2, 0.25) is 0 Å². The molecule has 99 heavy (non-hydrogen) atoms. The minimum atomic E-state index is -4.40. The Morgan fingerprint density at radius 2 is 0.525 bits per heavy atom. The maximum absolute atomic E-state index is 12.8. The van der Waals surface area contributed by atoms with Crippen molar-refractivity contribution in [2.24, 2.45) is 5.73 Å². The lowest BCUT2D eigenvalue weighted by Gasteiger charge is -2.19. The number of hydrogen-bond acceptors (Lipinski definition) is 8. The standard InChI is InChI=1S/C89H154NO8P/c1-3-5-7-9-11-13-15-17-19-21-23-25-27-29-31-33-35-37-39-41-43-45-47-49-51-53-55-57-59-61-63-65-67-69-71-73-75-77-79-81-88(91)95-85-87(86-97-99(93,94)96-84-83-90)98-89(92)82-80-78-76-74-72-70-68-66-64-62-60-58-56-54-52-50-48-46-44-42-40-38-36-34-32-30-28-26-24-22-20-18-16-14-12-10-8-6-4-2/h5-8,11-14,17-20,23-26,30,32,36,38,42,44,48,50,87H,3-4,9-10,15-16,21-22,27-29,31,33-35,37,39-41,43,45-47,49,51-86,90H2,1-2H3,(H,93,94)/b7-5-,8-6-,13-11-,14-12-,19-17-,20-18-,25-23-,26-24-,32-30-,38-36-,44-42-,50-48-. The lowest BCUT2D eigenvalue weighted by atomic mass is 10.0. The maximum atomic E-state index is 12.8. The molecule has 0 saturated heterocycles. The van der Waals surface area contributed by atoms with Crippen LogP contribution in [0.3, 0.4) is 0 Å². The molecule has 0 aromatic heterocycles. The van der Waals surface area contributed by atoms with Crippen LogP contribution in [-0.2, 0) is 32.7 Å². The fourth-order valence-electron chi connectivity index (χ4n) is 11.7.